The molecule has 0 saturated carbocycles. The van der Waals surface area contributed by atoms with Crippen LogP contribution in [0.1, 0.15) is 39.4 Å². The summed E-state index contributed by atoms with van der Waals surface area (Å²) in [7, 11) is 0. The quantitative estimate of drug-likeness (QED) is 0.838. The maximum atomic E-state index is 10.9. The van der Waals surface area contributed by atoms with Crippen LogP contribution in [-0.4, -0.2) is 38.6 Å². The second-order valence-electron chi connectivity index (χ2n) is 5.92. The van der Waals surface area contributed by atoms with Crippen LogP contribution in [0, 0.1) is 5.41 Å². The summed E-state index contributed by atoms with van der Waals surface area (Å²) in [6.45, 7) is 8.91. The Morgan fingerprint density at radius 3 is 2.94 bits per heavy atom. The Labute approximate surface area is 109 Å². The number of aromatic nitrogens is 3. The molecule has 0 aromatic carbocycles. The summed E-state index contributed by atoms with van der Waals surface area (Å²) in [5, 5.41) is 18.5. The monoisotopic (exact) mass is 252 g/mol. The summed E-state index contributed by atoms with van der Waals surface area (Å²) in [5.74, 6) is 0.898. The van der Waals surface area contributed by atoms with E-state index in [1.807, 2.05) is 4.68 Å². The van der Waals surface area contributed by atoms with Gasteiger partial charge in [0.1, 0.15) is 12.2 Å². The van der Waals surface area contributed by atoms with E-state index in [1.54, 1.807) is 6.33 Å². The molecule has 18 heavy (non-hydrogen) atoms. The van der Waals surface area contributed by atoms with Crippen molar-refractivity contribution < 1.29 is 5.11 Å². The Morgan fingerprint density at radius 2 is 2.28 bits per heavy atom. The number of rotatable bonds is 4. The van der Waals surface area contributed by atoms with E-state index in [2.05, 4.69) is 36.2 Å². The van der Waals surface area contributed by atoms with Gasteiger partial charge in [-0.3, -0.25) is 4.68 Å². The number of nitrogens with zero attached hydrogens (tertiary/aromatic N) is 3. The first-order valence-electron chi connectivity index (χ1n) is 6.78. The summed E-state index contributed by atoms with van der Waals surface area (Å²) in [6, 6.07) is 0. The van der Waals surface area contributed by atoms with Gasteiger partial charge in [-0.15, -0.1) is 0 Å². The zero-order valence-electron chi connectivity index (χ0n) is 11.6. The maximum Gasteiger partial charge on any atom is 0.138 e. The minimum atomic E-state index is -0.698. The molecule has 1 atom stereocenters. The van der Waals surface area contributed by atoms with Gasteiger partial charge in [0, 0.05) is 24.9 Å². The standard InChI is InChI=1S/C13H24N4O/c1-4-7-17-11(15-10-16-17)8-13(18)5-6-14-9-12(13,2)3/h10,14,18H,4-9H2,1-3H3. The average molecular weight is 252 g/mol. The molecular formula is C13H24N4O. The fourth-order valence-corrected chi connectivity index (χ4v) is 2.61. The molecule has 1 fully saturated rings. The predicted octanol–water partition coefficient (Wildman–Crippen LogP) is 0.981. The third kappa shape index (κ3) is 2.42. The first-order chi connectivity index (χ1) is 8.48. The van der Waals surface area contributed by atoms with Crippen molar-refractivity contribution in [3.63, 3.8) is 0 Å². The van der Waals surface area contributed by atoms with Gasteiger partial charge in [-0.1, -0.05) is 20.8 Å². The van der Waals surface area contributed by atoms with Crippen LogP contribution in [0.25, 0.3) is 0 Å². The van der Waals surface area contributed by atoms with E-state index in [9.17, 15) is 5.11 Å². The lowest BCUT2D eigenvalue weighted by Gasteiger charge is -2.46. The maximum absolute atomic E-state index is 10.9. The molecule has 2 heterocycles. The highest BCUT2D eigenvalue weighted by atomic mass is 16.3. The van der Waals surface area contributed by atoms with Crippen molar-refractivity contribution >= 4 is 0 Å². The average Bonchev–Trinajstić information content (AvgIpc) is 2.71. The highest BCUT2D eigenvalue weighted by Crippen LogP contribution is 2.37. The molecular weight excluding hydrogens is 228 g/mol. The van der Waals surface area contributed by atoms with Gasteiger partial charge in [-0.05, 0) is 19.4 Å². The lowest BCUT2D eigenvalue weighted by molar-refractivity contribution is -0.0887. The number of aryl methyl sites for hydroxylation is 1. The summed E-state index contributed by atoms with van der Waals surface area (Å²) < 4.78 is 1.91. The second-order valence-corrected chi connectivity index (χ2v) is 5.92. The Morgan fingerprint density at radius 1 is 1.50 bits per heavy atom. The first-order valence-corrected chi connectivity index (χ1v) is 6.78. The molecule has 2 rings (SSSR count). The van der Waals surface area contributed by atoms with Crippen LogP contribution < -0.4 is 5.32 Å². The molecule has 2 N–H and O–H groups in total. The number of hydrogen-bond acceptors (Lipinski definition) is 4. The van der Waals surface area contributed by atoms with Crippen LogP contribution in [0.15, 0.2) is 6.33 Å². The lowest BCUT2D eigenvalue weighted by atomic mass is 9.69. The Bertz CT molecular complexity index is 401. The molecule has 0 amide bonds. The number of aliphatic hydroxyl groups is 1. The molecule has 1 aliphatic rings. The molecule has 5 heteroatoms. The number of hydrogen-bond donors (Lipinski definition) is 2. The van der Waals surface area contributed by atoms with Gasteiger partial charge >= 0.3 is 0 Å². The highest BCUT2D eigenvalue weighted by Gasteiger charge is 2.46. The van der Waals surface area contributed by atoms with E-state index in [0.717, 1.165) is 38.3 Å². The molecule has 1 aromatic rings. The van der Waals surface area contributed by atoms with Gasteiger partial charge in [0.25, 0.3) is 0 Å². The van der Waals surface area contributed by atoms with Crippen LogP contribution in [-0.2, 0) is 13.0 Å². The van der Waals surface area contributed by atoms with Crippen molar-refractivity contribution in [2.45, 2.75) is 52.2 Å². The van der Waals surface area contributed by atoms with E-state index in [0.29, 0.717) is 6.42 Å². The largest absolute Gasteiger partial charge is 0.389 e. The third-order valence-electron chi connectivity index (χ3n) is 4.12. The minimum absolute atomic E-state index is 0.145. The Hall–Kier alpha value is -0.940. The summed E-state index contributed by atoms with van der Waals surface area (Å²) in [5.41, 5.74) is -0.842. The molecule has 1 saturated heterocycles. The fraction of sp³-hybridized carbons (Fsp3) is 0.846. The van der Waals surface area contributed by atoms with Gasteiger partial charge < -0.3 is 10.4 Å². The molecule has 0 radical (unpaired) electrons. The molecule has 102 valence electrons. The zero-order chi connectivity index (χ0) is 13.2. The smallest absolute Gasteiger partial charge is 0.138 e. The van der Waals surface area contributed by atoms with Gasteiger partial charge in [-0.2, -0.15) is 5.10 Å². The minimum Gasteiger partial charge on any atom is -0.389 e. The van der Waals surface area contributed by atoms with Crippen molar-refractivity contribution in [1.29, 1.82) is 0 Å². The van der Waals surface area contributed by atoms with Crippen molar-refractivity contribution in [1.82, 2.24) is 20.1 Å². The van der Waals surface area contributed by atoms with Crippen molar-refractivity contribution in [2.75, 3.05) is 13.1 Å². The van der Waals surface area contributed by atoms with Crippen molar-refractivity contribution in [3.05, 3.63) is 12.2 Å². The topological polar surface area (TPSA) is 63.0 Å². The Balaban J connectivity index is 2.18. The van der Waals surface area contributed by atoms with Crippen LogP contribution in [0.3, 0.4) is 0 Å². The number of piperidine rings is 1. The van der Waals surface area contributed by atoms with E-state index >= 15 is 0 Å². The zero-order valence-corrected chi connectivity index (χ0v) is 11.6. The number of nitrogens with one attached hydrogen (secondary N) is 1. The second kappa shape index (κ2) is 4.97. The van der Waals surface area contributed by atoms with E-state index in [-0.39, 0.29) is 5.41 Å². The predicted molar refractivity (Wildman–Crippen MR) is 70.2 cm³/mol. The fourth-order valence-electron chi connectivity index (χ4n) is 2.61. The van der Waals surface area contributed by atoms with E-state index in [1.165, 1.54) is 0 Å². The molecule has 5 nitrogen and oxygen atoms in total. The van der Waals surface area contributed by atoms with Gasteiger partial charge in [0.15, 0.2) is 0 Å². The van der Waals surface area contributed by atoms with E-state index in [4.69, 9.17) is 0 Å². The summed E-state index contributed by atoms with van der Waals surface area (Å²) in [6.07, 6.45) is 3.96. The summed E-state index contributed by atoms with van der Waals surface area (Å²) in [4.78, 5) is 4.31. The normalized spacial score (nSPS) is 27.3. The first kappa shape index (κ1) is 13.5. The molecule has 0 aliphatic carbocycles. The van der Waals surface area contributed by atoms with Crippen LogP contribution in [0.2, 0.25) is 0 Å². The van der Waals surface area contributed by atoms with Crippen molar-refractivity contribution in [3.8, 4) is 0 Å². The molecule has 1 unspecified atom stereocenters. The molecule has 0 spiro atoms. The van der Waals surface area contributed by atoms with E-state index < -0.39 is 5.60 Å². The molecule has 1 aliphatic heterocycles. The SMILES string of the molecule is CCCn1ncnc1CC1(O)CCNCC1(C)C. The van der Waals surface area contributed by atoms with Crippen molar-refractivity contribution in [2.24, 2.45) is 5.41 Å². The van der Waals surface area contributed by atoms with Gasteiger partial charge in [0.05, 0.1) is 5.60 Å². The Kier molecular flexibility index (Phi) is 3.73. The van der Waals surface area contributed by atoms with Crippen LogP contribution in [0.4, 0.5) is 0 Å². The highest BCUT2D eigenvalue weighted by molar-refractivity contribution is 5.04. The van der Waals surface area contributed by atoms with Gasteiger partial charge in [-0.25, -0.2) is 4.98 Å². The molecule has 1 aromatic heterocycles. The van der Waals surface area contributed by atoms with Crippen LogP contribution >= 0.6 is 0 Å². The molecule has 0 bridgehead atoms. The third-order valence-corrected chi connectivity index (χ3v) is 4.12. The lowest BCUT2D eigenvalue weighted by Crippen LogP contribution is -2.57. The summed E-state index contributed by atoms with van der Waals surface area (Å²) >= 11 is 0. The van der Waals surface area contributed by atoms with Gasteiger partial charge in [0.2, 0.25) is 0 Å². The van der Waals surface area contributed by atoms with Crippen LogP contribution in [0.5, 0.6) is 0 Å².